The highest BCUT2D eigenvalue weighted by Gasteiger charge is 2.24. The van der Waals surface area contributed by atoms with Crippen LogP contribution in [-0.4, -0.2) is 58.8 Å². The van der Waals surface area contributed by atoms with Crippen LogP contribution in [0.3, 0.4) is 0 Å². The number of carbonyl (C=O) groups is 2. The van der Waals surface area contributed by atoms with Gasteiger partial charge in [0.2, 0.25) is 5.91 Å². The summed E-state index contributed by atoms with van der Waals surface area (Å²) in [6.07, 6.45) is 3.47. The Morgan fingerprint density at radius 1 is 1.12 bits per heavy atom. The standard InChI is InChI=1S/C23H24N4O4S/c1-3-26(15-21(28)25-16-9-10-19-20(13-16)31-12-11-30-19)22(29)18-14-24-23(32-2)27(18)17-7-5-4-6-8-17/h4-10,13-14H,3,11-12,15H2,1-2H3,(H,25,28). The molecule has 0 saturated heterocycles. The first kappa shape index (κ1) is 21.8. The van der Waals surface area contributed by atoms with E-state index in [1.807, 2.05) is 48.1 Å². The van der Waals surface area contributed by atoms with Crippen LogP contribution in [0.15, 0.2) is 59.9 Å². The van der Waals surface area contributed by atoms with Gasteiger partial charge < -0.3 is 19.7 Å². The summed E-state index contributed by atoms with van der Waals surface area (Å²) >= 11 is 1.45. The van der Waals surface area contributed by atoms with Crippen molar-refractivity contribution in [2.45, 2.75) is 12.1 Å². The molecular weight excluding hydrogens is 428 g/mol. The molecule has 9 heteroatoms. The molecule has 0 radical (unpaired) electrons. The van der Waals surface area contributed by atoms with E-state index in [0.717, 1.165) is 5.69 Å². The lowest BCUT2D eigenvalue weighted by molar-refractivity contribution is -0.116. The summed E-state index contributed by atoms with van der Waals surface area (Å²) in [7, 11) is 0. The van der Waals surface area contributed by atoms with Crippen LogP contribution >= 0.6 is 11.8 Å². The molecule has 4 rings (SSSR count). The summed E-state index contributed by atoms with van der Waals surface area (Å²) in [6.45, 7) is 3.11. The number of para-hydroxylation sites is 1. The van der Waals surface area contributed by atoms with Gasteiger partial charge in [0.25, 0.3) is 5.91 Å². The lowest BCUT2D eigenvalue weighted by Gasteiger charge is -2.22. The number of fused-ring (bicyclic) bond motifs is 1. The Balaban J connectivity index is 1.50. The molecule has 8 nitrogen and oxygen atoms in total. The maximum atomic E-state index is 13.3. The molecule has 1 aromatic heterocycles. The van der Waals surface area contributed by atoms with E-state index in [0.29, 0.717) is 47.8 Å². The van der Waals surface area contributed by atoms with Crippen molar-refractivity contribution in [1.29, 1.82) is 0 Å². The number of ether oxygens (including phenoxy) is 2. The molecule has 0 fully saturated rings. The number of rotatable bonds is 7. The molecule has 0 unspecified atom stereocenters. The van der Waals surface area contributed by atoms with Crippen molar-refractivity contribution < 1.29 is 19.1 Å². The number of imidazole rings is 1. The molecule has 0 saturated carbocycles. The van der Waals surface area contributed by atoms with Crippen LogP contribution in [0, 0.1) is 0 Å². The van der Waals surface area contributed by atoms with Crippen LogP contribution in [0.5, 0.6) is 11.5 Å². The number of thioether (sulfide) groups is 1. The third-order valence-corrected chi connectivity index (χ3v) is 5.63. The van der Waals surface area contributed by atoms with Crippen molar-refractivity contribution in [1.82, 2.24) is 14.5 Å². The quantitative estimate of drug-likeness (QED) is 0.553. The fourth-order valence-electron chi connectivity index (χ4n) is 3.44. The highest BCUT2D eigenvalue weighted by Crippen LogP contribution is 2.32. The van der Waals surface area contributed by atoms with Crippen LogP contribution in [0.2, 0.25) is 0 Å². The van der Waals surface area contributed by atoms with Gasteiger partial charge >= 0.3 is 0 Å². The van der Waals surface area contributed by atoms with Crippen molar-refractivity contribution in [2.24, 2.45) is 0 Å². The van der Waals surface area contributed by atoms with E-state index in [1.54, 1.807) is 24.4 Å². The Morgan fingerprint density at radius 3 is 2.59 bits per heavy atom. The highest BCUT2D eigenvalue weighted by molar-refractivity contribution is 7.98. The number of hydrogen-bond donors (Lipinski definition) is 1. The molecule has 32 heavy (non-hydrogen) atoms. The minimum absolute atomic E-state index is 0.0850. The van der Waals surface area contributed by atoms with Gasteiger partial charge in [-0.1, -0.05) is 30.0 Å². The summed E-state index contributed by atoms with van der Waals surface area (Å²) in [5, 5.41) is 3.54. The molecule has 2 heterocycles. The summed E-state index contributed by atoms with van der Waals surface area (Å²) in [5.41, 5.74) is 1.84. The molecule has 0 bridgehead atoms. The number of likely N-dealkylation sites (N-methyl/N-ethyl adjacent to an activating group) is 1. The van der Waals surface area contributed by atoms with Crippen molar-refractivity contribution >= 4 is 29.3 Å². The molecule has 0 atom stereocenters. The van der Waals surface area contributed by atoms with Gasteiger partial charge in [0.1, 0.15) is 25.5 Å². The number of hydrogen-bond acceptors (Lipinski definition) is 6. The molecule has 2 amide bonds. The summed E-state index contributed by atoms with van der Waals surface area (Å²) in [6, 6.07) is 14.8. The van der Waals surface area contributed by atoms with Crippen LogP contribution in [0.4, 0.5) is 5.69 Å². The van der Waals surface area contributed by atoms with E-state index < -0.39 is 0 Å². The maximum absolute atomic E-state index is 13.3. The molecule has 166 valence electrons. The second-order valence-electron chi connectivity index (χ2n) is 7.03. The molecule has 3 aromatic rings. The average Bonchev–Trinajstić information content (AvgIpc) is 3.27. The lowest BCUT2D eigenvalue weighted by atomic mass is 10.2. The Labute approximate surface area is 190 Å². The number of aromatic nitrogens is 2. The van der Waals surface area contributed by atoms with Gasteiger partial charge in [-0.3, -0.25) is 14.2 Å². The number of nitrogens with one attached hydrogen (secondary N) is 1. The van der Waals surface area contributed by atoms with Gasteiger partial charge in [0.15, 0.2) is 16.7 Å². The summed E-state index contributed by atoms with van der Waals surface area (Å²) in [4.78, 5) is 31.9. The van der Waals surface area contributed by atoms with E-state index in [1.165, 1.54) is 16.7 Å². The monoisotopic (exact) mass is 452 g/mol. The number of anilines is 1. The summed E-state index contributed by atoms with van der Waals surface area (Å²) < 4.78 is 12.9. The molecule has 1 aliphatic rings. The molecular formula is C23H24N4O4S. The second-order valence-corrected chi connectivity index (χ2v) is 7.80. The summed E-state index contributed by atoms with van der Waals surface area (Å²) in [5.74, 6) is 0.682. The SMILES string of the molecule is CCN(CC(=O)Nc1ccc2c(c1)OCCO2)C(=O)c1cnc(SC)n1-c1ccccc1. The van der Waals surface area contributed by atoms with Gasteiger partial charge in [-0.25, -0.2) is 4.98 Å². The average molecular weight is 453 g/mol. The van der Waals surface area contributed by atoms with Gasteiger partial charge in [-0.05, 0) is 37.4 Å². The number of carbonyl (C=O) groups excluding carboxylic acids is 2. The first-order valence-electron chi connectivity index (χ1n) is 10.3. The van der Waals surface area contributed by atoms with Crippen LogP contribution in [0.1, 0.15) is 17.4 Å². The first-order valence-corrected chi connectivity index (χ1v) is 11.5. The largest absolute Gasteiger partial charge is 0.486 e. The van der Waals surface area contributed by atoms with Crippen LogP contribution in [0.25, 0.3) is 5.69 Å². The number of benzene rings is 2. The van der Waals surface area contributed by atoms with Gasteiger partial charge in [-0.2, -0.15) is 0 Å². The zero-order valence-corrected chi connectivity index (χ0v) is 18.7. The lowest BCUT2D eigenvalue weighted by Crippen LogP contribution is -2.38. The van der Waals surface area contributed by atoms with Crippen molar-refractivity contribution in [2.75, 3.05) is 37.9 Å². The zero-order chi connectivity index (χ0) is 22.5. The Hall–Kier alpha value is -3.46. The zero-order valence-electron chi connectivity index (χ0n) is 17.9. The van der Waals surface area contributed by atoms with Crippen molar-refractivity contribution in [3.05, 3.63) is 60.4 Å². The second kappa shape index (κ2) is 9.78. The highest BCUT2D eigenvalue weighted by atomic mass is 32.2. The fraction of sp³-hybridized carbons (Fsp3) is 0.261. The molecule has 0 spiro atoms. The smallest absolute Gasteiger partial charge is 0.272 e. The van der Waals surface area contributed by atoms with E-state index in [4.69, 9.17) is 9.47 Å². The van der Waals surface area contributed by atoms with Crippen LogP contribution in [-0.2, 0) is 4.79 Å². The molecule has 0 aliphatic carbocycles. The minimum atomic E-state index is -0.298. The molecule has 2 aromatic carbocycles. The normalized spacial score (nSPS) is 12.3. The first-order chi connectivity index (χ1) is 15.6. The van der Waals surface area contributed by atoms with Crippen LogP contribution < -0.4 is 14.8 Å². The van der Waals surface area contributed by atoms with E-state index >= 15 is 0 Å². The van der Waals surface area contributed by atoms with E-state index in [2.05, 4.69) is 10.3 Å². The Morgan fingerprint density at radius 2 is 1.88 bits per heavy atom. The predicted octanol–water partition coefficient (Wildman–Crippen LogP) is 3.47. The van der Waals surface area contributed by atoms with Crippen molar-refractivity contribution in [3.8, 4) is 17.2 Å². The van der Waals surface area contributed by atoms with Gasteiger partial charge in [0, 0.05) is 24.0 Å². The van der Waals surface area contributed by atoms with Crippen molar-refractivity contribution in [3.63, 3.8) is 0 Å². The Bertz CT molecular complexity index is 1120. The van der Waals surface area contributed by atoms with Gasteiger partial charge in [-0.15, -0.1) is 0 Å². The van der Waals surface area contributed by atoms with E-state index in [9.17, 15) is 9.59 Å². The third-order valence-electron chi connectivity index (χ3n) is 4.97. The third kappa shape index (κ3) is 4.57. The van der Waals surface area contributed by atoms with E-state index in [-0.39, 0.29) is 18.4 Å². The number of amides is 2. The van der Waals surface area contributed by atoms with Gasteiger partial charge in [0.05, 0.1) is 6.20 Å². The number of nitrogens with zero attached hydrogens (tertiary/aromatic N) is 3. The minimum Gasteiger partial charge on any atom is -0.486 e. The Kier molecular flexibility index (Phi) is 6.65. The fourth-order valence-corrected chi connectivity index (χ4v) is 3.98. The molecule has 1 N–H and O–H groups in total. The molecule has 1 aliphatic heterocycles. The topological polar surface area (TPSA) is 85.7 Å². The predicted molar refractivity (Wildman–Crippen MR) is 123 cm³/mol. The maximum Gasteiger partial charge on any atom is 0.272 e.